The highest BCUT2D eigenvalue weighted by Crippen LogP contribution is 2.39. The van der Waals surface area contributed by atoms with E-state index in [-0.39, 0.29) is 24.1 Å². The van der Waals surface area contributed by atoms with E-state index >= 15 is 0 Å². The molecule has 34 heavy (non-hydrogen) atoms. The van der Waals surface area contributed by atoms with Gasteiger partial charge >= 0.3 is 11.9 Å². The molecule has 2 heterocycles. The molecule has 0 aromatic rings. The molecule has 8 heteroatoms. The van der Waals surface area contributed by atoms with Crippen LogP contribution in [0.15, 0.2) is 0 Å². The van der Waals surface area contributed by atoms with E-state index in [4.69, 9.17) is 9.47 Å². The average Bonchev–Trinajstić information content (AvgIpc) is 2.66. The molecule has 2 N–H and O–H groups in total. The minimum atomic E-state index is -0.443. The summed E-state index contributed by atoms with van der Waals surface area (Å²) in [4.78, 5) is 24.6. The van der Waals surface area contributed by atoms with Crippen LogP contribution in [-0.4, -0.2) is 66.8 Å². The van der Waals surface area contributed by atoms with E-state index in [1.54, 1.807) is 0 Å². The largest absolute Gasteiger partial charge is 0.462 e. The van der Waals surface area contributed by atoms with Crippen LogP contribution in [0, 0.1) is 0 Å². The van der Waals surface area contributed by atoms with Gasteiger partial charge in [0.05, 0.1) is 0 Å². The van der Waals surface area contributed by atoms with Crippen molar-refractivity contribution in [2.45, 2.75) is 154 Å². The first-order valence-corrected chi connectivity index (χ1v) is 12.8. The topological polar surface area (TPSA) is 99.5 Å². The third-order valence-electron chi connectivity index (χ3n) is 7.31. The van der Waals surface area contributed by atoms with Crippen molar-refractivity contribution in [2.24, 2.45) is 0 Å². The first kappa shape index (κ1) is 29.0. The zero-order valence-electron chi connectivity index (χ0n) is 22.6. The van der Waals surface area contributed by atoms with Gasteiger partial charge in [0.1, 0.15) is 12.2 Å². The van der Waals surface area contributed by atoms with Gasteiger partial charge in [0.15, 0.2) is 0 Å². The molecule has 0 aromatic heterocycles. The van der Waals surface area contributed by atoms with E-state index in [2.05, 4.69) is 0 Å². The van der Waals surface area contributed by atoms with Gasteiger partial charge in [-0.1, -0.05) is 12.8 Å². The number of hydroxylamine groups is 4. The molecule has 2 saturated heterocycles. The molecule has 0 saturated carbocycles. The summed E-state index contributed by atoms with van der Waals surface area (Å²) in [5.41, 5.74) is -1.77. The van der Waals surface area contributed by atoms with Crippen molar-refractivity contribution in [3.05, 3.63) is 0 Å². The van der Waals surface area contributed by atoms with Crippen molar-refractivity contribution in [1.82, 2.24) is 10.1 Å². The van der Waals surface area contributed by atoms with Gasteiger partial charge < -0.3 is 19.9 Å². The fourth-order valence-corrected chi connectivity index (χ4v) is 5.91. The van der Waals surface area contributed by atoms with Crippen LogP contribution >= 0.6 is 0 Å². The maximum atomic E-state index is 12.3. The van der Waals surface area contributed by atoms with E-state index in [0.29, 0.717) is 38.5 Å². The maximum absolute atomic E-state index is 12.3. The predicted molar refractivity (Wildman–Crippen MR) is 129 cm³/mol. The van der Waals surface area contributed by atoms with Gasteiger partial charge in [0, 0.05) is 60.7 Å². The Morgan fingerprint density at radius 1 is 0.618 bits per heavy atom. The van der Waals surface area contributed by atoms with Gasteiger partial charge in [-0.3, -0.25) is 9.59 Å². The smallest absolute Gasteiger partial charge is 0.306 e. The van der Waals surface area contributed by atoms with E-state index in [9.17, 15) is 20.0 Å². The quantitative estimate of drug-likeness (QED) is 0.339. The molecule has 0 bridgehead atoms. The molecule has 2 rings (SSSR count). The Bertz CT molecular complexity index is 622. The molecule has 0 aromatic carbocycles. The first-order valence-electron chi connectivity index (χ1n) is 12.8. The molecule has 0 spiro atoms. The van der Waals surface area contributed by atoms with Gasteiger partial charge in [-0.25, -0.2) is 0 Å². The number of hydrogen-bond acceptors (Lipinski definition) is 8. The van der Waals surface area contributed by atoms with Crippen LogP contribution < -0.4 is 0 Å². The summed E-state index contributed by atoms with van der Waals surface area (Å²) in [6.45, 7) is 15.6. The third kappa shape index (κ3) is 7.64. The summed E-state index contributed by atoms with van der Waals surface area (Å²) < 4.78 is 11.4. The van der Waals surface area contributed by atoms with Crippen LogP contribution in [0.2, 0.25) is 0 Å². The van der Waals surface area contributed by atoms with Gasteiger partial charge in [-0.2, -0.15) is 10.1 Å². The fourth-order valence-electron chi connectivity index (χ4n) is 5.91. The molecule has 2 aliphatic heterocycles. The summed E-state index contributed by atoms with van der Waals surface area (Å²) in [7, 11) is 0. The number of hydrogen-bond donors (Lipinski definition) is 2. The van der Waals surface area contributed by atoms with E-state index in [1.165, 1.54) is 10.1 Å². The molecule has 0 unspecified atom stereocenters. The predicted octanol–water partition coefficient (Wildman–Crippen LogP) is 5.24. The van der Waals surface area contributed by atoms with Crippen molar-refractivity contribution in [3.8, 4) is 0 Å². The first-order chi connectivity index (χ1) is 15.5. The van der Waals surface area contributed by atoms with E-state index < -0.39 is 22.2 Å². The third-order valence-corrected chi connectivity index (χ3v) is 7.31. The average molecular weight is 485 g/mol. The minimum absolute atomic E-state index is 0.191. The molecule has 2 fully saturated rings. The molecular weight excluding hydrogens is 436 g/mol. The van der Waals surface area contributed by atoms with Gasteiger partial charge in [0.2, 0.25) is 0 Å². The van der Waals surface area contributed by atoms with Crippen LogP contribution in [0.4, 0.5) is 0 Å². The molecule has 2 aliphatic rings. The van der Waals surface area contributed by atoms with Gasteiger partial charge in [0.25, 0.3) is 0 Å². The van der Waals surface area contributed by atoms with Crippen molar-refractivity contribution >= 4 is 11.9 Å². The van der Waals surface area contributed by atoms with E-state index in [1.807, 2.05) is 55.4 Å². The Kier molecular flexibility index (Phi) is 9.22. The number of carbonyl (C=O) groups excluding carboxylic acids is 2. The number of esters is 2. The summed E-state index contributed by atoms with van der Waals surface area (Å²) in [6.07, 6.45) is 5.95. The van der Waals surface area contributed by atoms with E-state index in [0.717, 1.165) is 25.7 Å². The van der Waals surface area contributed by atoms with Gasteiger partial charge in [-0.05, 0) is 68.2 Å². The normalized spacial score (nSPS) is 25.1. The zero-order chi connectivity index (χ0) is 25.9. The lowest BCUT2D eigenvalue weighted by Gasteiger charge is -2.50. The van der Waals surface area contributed by atoms with Crippen LogP contribution in [0.1, 0.15) is 120 Å². The summed E-state index contributed by atoms with van der Waals surface area (Å²) in [6, 6.07) is 0. The minimum Gasteiger partial charge on any atom is -0.462 e. The number of ether oxygens (including phenoxy) is 2. The highest BCUT2D eigenvalue weighted by atomic mass is 16.6. The Morgan fingerprint density at radius 3 is 1.15 bits per heavy atom. The number of unbranched alkanes of at least 4 members (excludes halogenated alkanes) is 3. The summed E-state index contributed by atoms with van der Waals surface area (Å²) >= 11 is 0. The molecule has 0 amide bonds. The zero-order valence-corrected chi connectivity index (χ0v) is 22.6. The van der Waals surface area contributed by atoms with Crippen LogP contribution in [0.3, 0.4) is 0 Å². The highest BCUT2D eigenvalue weighted by Gasteiger charge is 2.47. The standard InChI is InChI=1S/C26H48N2O6/c1-23(2)15-19(16-24(3,4)27(23)31)33-21(29)13-11-9-10-12-14-22(30)34-20-17-25(5,6)28(32)26(7,8)18-20/h19-20,31-32H,9-18H2,1-8H3. The van der Waals surface area contributed by atoms with Crippen molar-refractivity contribution in [3.63, 3.8) is 0 Å². The maximum Gasteiger partial charge on any atom is 0.306 e. The van der Waals surface area contributed by atoms with Crippen LogP contribution in [0.25, 0.3) is 0 Å². The molecular formula is C26H48N2O6. The second-order valence-electron chi connectivity index (χ2n) is 12.8. The summed E-state index contributed by atoms with van der Waals surface area (Å²) in [5, 5.41) is 23.5. The molecule has 0 atom stereocenters. The number of piperidine rings is 2. The SMILES string of the molecule is CC1(C)CC(OC(=O)CCCCCCC(=O)OC2CC(C)(C)N(O)C(C)(C)C2)CC(C)(C)N1O. The van der Waals surface area contributed by atoms with Crippen molar-refractivity contribution < 1.29 is 29.5 Å². The molecule has 0 aliphatic carbocycles. The van der Waals surface area contributed by atoms with Crippen molar-refractivity contribution in [1.29, 1.82) is 0 Å². The van der Waals surface area contributed by atoms with Gasteiger partial charge in [-0.15, -0.1) is 0 Å². The Labute approximate surface area is 205 Å². The lowest BCUT2D eigenvalue weighted by molar-refractivity contribution is -0.259. The Morgan fingerprint density at radius 2 is 0.882 bits per heavy atom. The highest BCUT2D eigenvalue weighted by molar-refractivity contribution is 5.70. The van der Waals surface area contributed by atoms with Crippen LogP contribution in [0.5, 0.6) is 0 Å². The monoisotopic (exact) mass is 484 g/mol. The second kappa shape index (κ2) is 10.8. The number of rotatable bonds is 9. The number of nitrogens with zero attached hydrogens (tertiary/aromatic N) is 2. The molecule has 0 radical (unpaired) electrons. The van der Waals surface area contributed by atoms with Crippen molar-refractivity contribution in [2.75, 3.05) is 0 Å². The lowest BCUT2D eigenvalue weighted by atomic mass is 9.80. The Hall–Kier alpha value is -1.22. The second-order valence-corrected chi connectivity index (χ2v) is 12.8. The summed E-state index contributed by atoms with van der Waals surface area (Å²) in [5.74, 6) is -0.384. The number of carbonyl (C=O) groups is 2. The molecule has 198 valence electrons. The molecule has 8 nitrogen and oxygen atoms in total. The fraction of sp³-hybridized carbons (Fsp3) is 0.923. The Balaban J connectivity index is 1.62. The lowest BCUT2D eigenvalue weighted by Crippen LogP contribution is -2.60. The van der Waals surface area contributed by atoms with Crippen LogP contribution in [-0.2, 0) is 19.1 Å².